The van der Waals surface area contributed by atoms with Crippen molar-refractivity contribution in [3.05, 3.63) is 82.8 Å². The van der Waals surface area contributed by atoms with Crippen LogP contribution >= 0.6 is 0 Å². The first-order valence-corrected chi connectivity index (χ1v) is 8.32. The van der Waals surface area contributed by atoms with Crippen molar-refractivity contribution < 1.29 is 14.3 Å². The van der Waals surface area contributed by atoms with Gasteiger partial charge in [0.25, 0.3) is 0 Å². The van der Waals surface area contributed by atoms with Crippen molar-refractivity contribution >= 4 is 34.1 Å². The van der Waals surface area contributed by atoms with Crippen molar-refractivity contribution in [1.82, 2.24) is 4.98 Å². The normalized spacial score (nSPS) is 14.9. The molecular weight excluding hydrogens is 329 g/mol. The van der Waals surface area contributed by atoms with Crippen LogP contribution in [0.2, 0.25) is 0 Å². The van der Waals surface area contributed by atoms with Crippen LogP contribution < -0.4 is 0 Å². The van der Waals surface area contributed by atoms with Gasteiger partial charge in [-0.3, -0.25) is 9.78 Å². The lowest BCUT2D eigenvalue weighted by molar-refractivity contribution is -0.135. The quantitative estimate of drug-likeness (QED) is 0.712. The maximum atomic E-state index is 13.8. The number of hydrogen-bond donors (Lipinski definition) is 1. The molecule has 1 aliphatic rings. The molecule has 0 bridgehead atoms. The zero-order chi connectivity index (χ0) is 18.3. The van der Waals surface area contributed by atoms with Crippen LogP contribution in [0.15, 0.2) is 60.3 Å². The Morgan fingerprint density at radius 3 is 2.77 bits per heavy atom. The van der Waals surface area contributed by atoms with Crippen LogP contribution in [0.4, 0.5) is 4.39 Å². The number of carbonyl (C=O) groups is 1. The number of nitrogens with zero attached hydrogens (tertiary/aromatic N) is 1. The van der Waals surface area contributed by atoms with Gasteiger partial charge in [0.2, 0.25) is 0 Å². The van der Waals surface area contributed by atoms with E-state index in [2.05, 4.69) is 4.98 Å². The second-order valence-corrected chi connectivity index (χ2v) is 6.34. The zero-order valence-electron chi connectivity index (χ0n) is 14.2. The van der Waals surface area contributed by atoms with Crippen molar-refractivity contribution in [3.8, 4) is 0 Å². The summed E-state index contributed by atoms with van der Waals surface area (Å²) in [6, 6.07) is 14.3. The molecular formula is C22H16FNO2. The summed E-state index contributed by atoms with van der Waals surface area (Å²) in [5, 5.41) is 10.3. The number of halogens is 1. The average Bonchev–Trinajstić information content (AvgIpc) is 2.87. The van der Waals surface area contributed by atoms with Crippen molar-refractivity contribution in [2.45, 2.75) is 13.3 Å². The SMILES string of the molecule is CC1=C(CC(=O)O)c2cc(F)ccc2C1=Cc1ccnc2ccccc12. The molecule has 1 heterocycles. The van der Waals surface area contributed by atoms with Gasteiger partial charge in [-0.1, -0.05) is 24.3 Å². The molecule has 26 heavy (non-hydrogen) atoms. The van der Waals surface area contributed by atoms with Crippen LogP contribution in [-0.2, 0) is 4.79 Å². The molecule has 0 amide bonds. The fourth-order valence-corrected chi connectivity index (χ4v) is 3.53. The molecule has 1 aromatic heterocycles. The van der Waals surface area contributed by atoms with E-state index in [9.17, 15) is 14.3 Å². The number of carboxylic acid groups (broad SMARTS) is 1. The molecule has 3 nitrogen and oxygen atoms in total. The van der Waals surface area contributed by atoms with E-state index in [4.69, 9.17) is 0 Å². The van der Waals surface area contributed by atoms with Gasteiger partial charge in [0.05, 0.1) is 11.9 Å². The van der Waals surface area contributed by atoms with Gasteiger partial charge in [-0.05, 0) is 70.7 Å². The number of hydrogen-bond acceptors (Lipinski definition) is 2. The van der Waals surface area contributed by atoms with Crippen LogP contribution in [0, 0.1) is 5.82 Å². The molecule has 0 saturated heterocycles. The van der Waals surface area contributed by atoms with Gasteiger partial charge in [0, 0.05) is 11.6 Å². The second kappa shape index (κ2) is 6.23. The van der Waals surface area contributed by atoms with Gasteiger partial charge < -0.3 is 5.11 Å². The van der Waals surface area contributed by atoms with Gasteiger partial charge in [0.1, 0.15) is 5.82 Å². The Bertz CT molecular complexity index is 1110. The van der Waals surface area contributed by atoms with E-state index in [0.29, 0.717) is 11.1 Å². The third-order valence-electron chi connectivity index (χ3n) is 4.76. The fraction of sp³-hybridized carbons (Fsp3) is 0.0909. The monoisotopic (exact) mass is 345 g/mol. The Kier molecular flexibility index (Phi) is 3.88. The molecule has 1 aliphatic carbocycles. The summed E-state index contributed by atoms with van der Waals surface area (Å²) in [7, 11) is 0. The number of pyridine rings is 1. The van der Waals surface area contributed by atoms with E-state index in [1.54, 1.807) is 12.3 Å². The van der Waals surface area contributed by atoms with Crippen LogP contribution in [-0.4, -0.2) is 16.1 Å². The highest BCUT2D eigenvalue weighted by Crippen LogP contribution is 2.44. The van der Waals surface area contributed by atoms with Gasteiger partial charge >= 0.3 is 5.97 Å². The minimum absolute atomic E-state index is 0.128. The first-order valence-electron chi connectivity index (χ1n) is 8.32. The van der Waals surface area contributed by atoms with Crippen LogP contribution in [0.5, 0.6) is 0 Å². The molecule has 3 aromatic rings. The first-order chi connectivity index (χ1) is 12.5. The summed E-state index contributed by atoms with van der Waals surface area (Å²) < 4.78 is 13.8. The largest absolute Gasteiger partial charge is 0.481 e. The van der Waals surface area contributed by atoms with E-state index >= 15 is 0 Å². The Labute approximate surface area is 150 Å². The lowest BCUT2D eigenvalue weighted by Gasteiger charge is -2.06. The summed E-state index contributed by atoms with van der Waals surface area (Å²) in [4.78, 5) is 15.7. The molecule has 0 saturated carbocycles. The highest BCUT2D eigenvalue weighted by Gasteiger charge is 2.25. The van der Waals surface area contributed by atoms with E-state index in [1.807, 2.05) is 43.3 Å². The Morgan fingerprint density at radius 1 is 1.15 bits per heavy atom. The number of allylic oxidation sites excluding steroid dienone is 2. The summed E-state index contributed by atoms with van der Waals surface area (Å²) >= 11 is 0. The molecule has 0 spiro atoms. The highest BCUT2D eigenvalue weighted by molar-refractivity contribution is 6.09. The molecule has 1 N–H and O–H groups in total. The van der Waals surface area contributed by atoms with E-state index in [0.717, 1.165) is 33.2 Å². The maximum absolute atomic E-state index is 13.8. The smallest absolute Gasteiger partial charge is 0.307 e. The maximum Gasteiger partial charge on any atom is 0.307 e. The predicted octanol–water partition coefficient (Wildman–Crippen LogP) is 5.18. The lowest BCUT2D eigenvalue weighted by Crippen LogP contribution is -1.97. The average molecular weight is 345 g/mol. The number of aliphatic carboxylic acids is 1. The number of rotatable bonds is 3. The molecule has 0 aliphatic heterocycles. The molecule has 4 heteroatoms. The van der Waals surface area contributed by atoms with Crippen molar-refractivity contribution in [2.75, 3.05) is 0 Å². The van der Waals surface area contributed by atoms with Crippen molar-refractivity contribution in [3.63, 3.8) is 0 Å². The lowest BCUT2D eigenvalue weighted by atomic mass is 9.99. The van der Waals surface area contributed by atoms with E-state index < -0.39 is 5.97 Å². The van der Waals surface area contributed by atoms with Crippen molar-refractivity contribution in [2.24, 2.45) is 0 Å². The van der Waals surface area contributed by atoms with Crippen LogP contribution in [0.3, 0.4) is 0 Å². The van der Waals surface area contributed by atoms with Gasteiger partial charge in [-0.15, -0.1) is 0 Å². The van der Waals surface area contributed by atoms with Gasteiger partial charge in [-0.2, -0.15) is 0 Å². The number of aromatic nitrogens is 1. The highest BCUT2D eigenvalue weighted by atomic mass is 19.1. The van der Waals surface area contributed by atoms with Crippen LogP contribution in [0.25, 0.3) is 28.1 Å². The molecule has 0 fully saturated rings. The van der Waals surface area contributed by atoms with Gasteiger partial charge in [-0.25, -0.2) is 4.39 Å². The molecule has 0 unspecified atom stereocenters. The predicted molar refractivity (Wildman–Crippen MR) is 101 cm³/mol. The minimum Gasteiger partial charge on any atom is -0.481 e. The molecule has 0 atom stereocenters. The standard InChI is InChI=1S/C22H16FNO2/c1-13-18(10-14-8-9-24-21-5-3-2-4-16(14)21)17-7-6-15(23)11-20(17)19(13)12-22(25)26/h2-11H,12H2,1H3,(H,25,26). The minimum atomic E-state index is -0.926. The molecule has 0 radical (unpaired) electrons. The third kappa shape index (κ3) is 2.69. The summed E-state index contributed by atoms with van der Waals surface area (Å²) in [5.74, 6) is -1.29. The molecule has 4 rings (SSSR count). The van der Waals surface area contributed by atoms with Gasteiger partial charge in [0.15, 0.2) is 0 Å². The summed E-state index contributed by atoms with van der Waals surface area (Å²) in [6.45, 7) is 1.89. The summed E-state index contributed by atoms with van der Waals surface area (Å²) in [6.07, 6.45) is 3.66. The van der Waals surface area contributed by atoms with E-state index in [1.165, 1.54) is 12.1 Å². The molecule has 128 valence electrons. The Morgan fingerprint density at radius 2 is 1.96 bits per heavy atom. The number of para-hydroxylation sites is 1. The summed E-state index contributed by atoms with van der Waals surface area (Å²) in [5.41, 5.74) is 5.87. The second-order valence-electron chi connectivity index (χ2n) is 6.34. The first kappa shape index (κ1) is 16.2. The molecule has 2 aromatic carbocycles. The zero-order valence-corrected chi connectivity index (χ0v) is 14.2. The topological polar surface area (TPSA) is 50.2 Å². The Balaban J connectivity index is 1.94. The Hall–Kier alpha value is -3.27. The number of fused-ring (bicyclic) bond motifs is 2. The third-order valence-corrected chi connectivity index (χ3v) is 4.76. The number of carboxylic acids is 1. The van der Waals surface area contributed by atoms with Crippen molar-refractivity contribution in [1.29, 1.82) is 0 Å². The van der Waals surface area contributed by atoms with Crippen LogP contribution in [0.1, 0.15) is 30.0 Å². The fourth-order valence-electron chi connectivity index (χ4n) is 3.53. The van der Waals surface area contributed by atoms with E-state index in [-0.39, 0.29) is 12.2 Å². The number of benzene rings is 2.